The minimum absolute atomic E-state index is 0.108. The van der Waals surface area contributed by atoms with E-state index in [2.05, 4.69) is 9.97 Å². The van der Waals surface area contributed by atoms with Crippen LogP contribution in [0, 0.1) is 0 Å². The van der Waals surface area contributed by atoms with Crippen molar-refractivity contribution >= 4 is 33.0 Å². The molecule has 1 fully saturated rings. The standard InChI is InChI=1S/C19H19N3O4S.C2HF3O2/c23-18(24)12-14-11-17-16(7-8-20-19(17)21-14)13-3-5-15(6-4-13)27(25,26)22-9-1-2-10-22;3-2(4,5)1(6)7/h3-8,11H,1-2,9-10,12H2,(H,20,21)(H,23,24);(H,6,7). The molecule has 34 heavy (non-hydrogen) atoms. The Morgan fingerprint density at radius 1 is 1.06 bits per heavy atom. The van der Waals surface area contributed by atoms with Crippen molar-refractivity contribution in [2.45, 2.75) is 30.3 Å². The average molecular weight is 499 g/mol. The highest BCUT2D eigenvalue weighted by Crippen LogP contribution is 2.30. The number of carboxylic acids is 2. The van der Waals surface area contributed by atoms with Gasteiger partial charge in [0.15, 0.2) is 0 Å². The van der Waals surface area contributed by atoms with Gasteiger partial charge in [0.2, 0.25) is 10.0 Å². The summed E-state index contributed by atoms with van der Waals surface area (Å²) >= 11 is 0. The maximum atomic E-state index is 12.7. The molecule has 3 aromatic rings. The van der Waals surface area contributed by atoms with Gasteiger partial charge < -0.3 is 15.2 Å². The molecule has 3 N–H and O–H groups in total. The number of fused-ring (bicyclic) bond motifs is 1. The Kier molecular flexibility index (Phi) is 7.26. The first-order chi connectivity index (χ1) is 15.9. The van der Waals surface area contributed by atoms with Crippen LogP contribution in [-0.2, 0) is 26.0 Å². The van der Waals surface area contributed by atoms with Gasteiger partial charge in [0.05, 0.1) is 11.3 Å². The number of halogens is 3. The summed E-state index contributed by atoms with van der Waals surface area (Å²) in [6, 6.07) is 10.4. The van der Waals surface area contributed by atoms with E-state index in [1.807, 2.05) is 6.07 Å². The van der Waals surface area contributed by atoms with Crippen molar-refractivity contribution in [2.75, 3.05) is 13.1 Å². The summed E-state index contributed by atoms with van der Waals surface area (Å²) in [6.07, 6.45) is -1.74. The van der Waals surface area contributed by atoms with Gasteiger partial charge >= 0.3 is 18.1 Å². The van der Waals surface area contributed by atoms with Gasteiger partial charge in [-0.2, -0.15) is 17.5 Å². The number of carbonyl (C=O) groups is 2. The number of aliphatic carboxylic acids is 2. The Balaban J connectivity index is 0.000000406. The van der Waals surface area contributed by atoms with Crippen LogP contribution in [0.2, 0.25) is 0 Å². The fraction of sp³-hybridized carbons (Fsp3) is 0.286. The van der Waals surface area contributed by atoms with Gasteiger partial charge in [-0.25, -0.2) is 18.2 Å². The fourth-order valence-electron chi connectivity index (χ4n) is 3.48. The van der Waals surface area contributed by atoms with Gasteiger partial charge in [-0.1, -0.05) is 12.1 Å². The normalized spacial score (nSPS) is 14.6. The summed E-state index contributed by atoms with van der Waals surface area (Å²) < 4.78 is 58.6. The second kappa shape index (κ2) is 9.81. The number of rotatable bonds is 5. The third-order valence-corrected chi connectivity index (χ3v) is 6.95. The number of benzene rings is 1. The van der Waals surface area contributed by atoms with E-state index in [0.717, 1.165) is 29.4 Å². The van der Waals surface area contributed by atoms with Crippen molar-refractivity contribution in [1.29, 1.82) is 0 Å². The molecule has 0 saturated carbocycles. The molecule has 0 atom stereocenters. The van der Waals surface area contributed by atoms with Crippen LogP contribution in [0.1, 0.15) is 18.5 Å². The summed E-state index contributed by atoms with van der Waals surface area (Å²) in [4.78, 5) is 27.4. The molecule has 1 aromatic carbocycles. The molecule has 0 radical (unpaired) electrons. The largest absolute Gasteiger partial charge is 0.490 e. The molecule has 182 valence electrons. The van der Waals surface area contributed by atoms with Crippen LogP contribution in [-0.4, -0.2) is 64.1 Å². The molecule has 0 aliphatic carbocycles. The van der Waals surface area contributed by atoms with Gasteiger partial charge in [0, 0.05) is 30.4 Å². The molecule has 4 rings (SSSR count). The lowest BCUT2D eigenvalue weighted by Crippen LogP contribution is -2.27. The smallest absolute Gasteiger partial charge is 0.481 e. The third kappa shape index (κ3) is 5.72. The first-order valence-electron chi connectivity index (χ1n) is 9.98. The Hall–Kier alpha value is -3.45. The summed E-state index contributed by atoms with van der Waals surface area (Å²) in [7, 11) is -3.44. The number of H-pyrrole nitrogens is 1. The molecular formula is C21H20F3N3O6S. The molecule has 1 aliphatic heterocycles. The van der Waals surface area contributed by atoms with Gasteiger partial charge in [-0.05, 0) is 48.2 Å². The molecule has 1 aliphatic rings. The Morgan fingerprint density at radius 2 is 1.65 bits per heavy atom. The molecular weight excluding hydrogens is 479 g/mol. The number of sulfonamides is 1. The number of alkyl halides is 3. The Bertz CT molecular complexity index is 1300. The number of aromatic nitrogens is 2. The van der Waals surface area contributed by atoms with E-state index in [1.165, 1.54) is 4.31 Å². The SMILES string of the molecule is O=C(O)C(F)(F)F.O=C(O)Cc1cc2c(-c3ccc(S(=O)(=O)N4CCCC4)cc3)ccnc2[nH]1. The monoisotopic (exact) mass is 499 g/mol. The zero-order chi connectivity index (χ0) is 25.1. The van der Waals surface area contributed by atoms with Crippen LogP contribution in [0.4, 0.5) is 13.2 Å². The average Bonchev–Trinajstić information content (AvgIpc) is 3.43. The number of pyridine rings is 1. The van der Waals surface area contributed by atoms with E-state index in [4.69, 9.17) is 15.0 Å². The van der Waals surface area contributed by atoms with Crippen molar-refractivity contribution in [2.24, 2.45) is 0 Å². The van der Waals surface area contributed by atoms with E-state index in [0.29, 0.717) is 29.3 Å². The van der Waals surface area contributed by atoms with Crippen molar-refractivity contribution in [1.82, 2.24) is 14.3 Å². The highest BCUT2D eigenvalue weighted by atomic mass is 32.2. The lowest BCUT2D eigenvalue weighted by Gasteiger charge is -2.15. The van der Waals surface area contributed by atoms with Gasteiger partial charge in [-0.3, -0.25) is 4.79 Å². The van der Waals surface area contributed by atoms with Crippen LogP contribution in [0.3, 0.4) is 0 Å². The molecule has 0 spiro atoms. The second-order valence-electron chi connectivity index (χ2n) is 7.42. The molecule has 13 heteroatoms. The van der Waals surface area contributed by atoms with Gasteiger partial charge in [-0.15, -0.1) is 0 Å². The van der Waals surface area contributed by atoms with Crippen molar-refractivity contribution in [3.05, 3.63) is 48.3 Å². The number of hydrogen-bond donors (Lipinski definition) is 3. The molecule has 1 saturated heterocycles. The fourth-order valence-corrected chi connectivity index (χ4v) is 4.99. The van der Waals surface area contributed by atoms with Gasteiger partial charge in [0.25, 0.3) is 0 Å². The molecule has 2 aromatic heterocycles. The number of carboxylic acid groups (broad SMARTS) is 2. The van der Waals surface area contributed by atoms with Crippen LogP contribution in [0.15, 0.2) is 47.5 Å². The Labute approximate surface area is 191 Å². The summed E-state index contributed by atoms with van der Waals surface area (Å²) in [5.41, 5.74) is 2.91. The number of aromatic amines is 1. The minimum Gasteiger partial charge on any atom is -0.481 e. The van der Waals surface area contributed by atoms with Crippen molar-refractivity contribution in [3.63, 3.8) is 0 Å². The van der Waals surface area contributed by atoms with E-state index >= 15 is 0 Å². The first-order valence-corrected chi connectivity index (χ1v) is 11.4. The number of nitrogens with zero attached hydrogens (tertiary/aromatic N) is 2. The zero-order valence-electron chi connectivity index (χ0n) is 17.5. The lowest BCUT2D eigenvalue weighted by atomic mass is 10.0. The van der Waals surface area contributed by atoms with E-state index in [9.17, 15) is 26.4 Å². The summed E-state index contributed by atoms with van der Waals surface area (Å²) in [5, 5.41) is 16.9. The topological polar surface area (TPSA) is 141 Å². The van der Waals surface area contributed by atoms with E-state index in [1.54, 1.807) is 36.5 Å². The van der Waals surface area contributed by atoms with E-state index < -0.39 is 28.1 Å². The van der Waals surface area contributed by atoms with Crippen molar-refractivity contribution < 1.29 is 41.4 Å². The second-order valence-corrected chi connectivity index (χ2v) is 9.36. The predicted molar refractivity (Wildman–Crippen MR) is 115 cm³/mol. The predicted octanol–water partition coefficient (Wildman–Crippen LogP) is 3.27. The van der Waals surface area contributed by atoms with Crippen LogP contribution >= 0.6 is 0 Å². The van der Waals surface area contributed by atoms with Crippen LogP contribution in [0.25, 0.3) is 22.2 Å². The maximum absolute atomic E-state index is 12.7. The molecule has 0 amide bonds. The van der Waals surface area contributed by atoms with E-state index in [-0.39, 0.29) is 6.42 Å². The first kappa shape index (κ1) is 25.2. The highest BCUT2D eigenvalue weighted by molar-refractivity contribution is 7.89. The minimum atomic E-state index is -5.08. The Morgan fingerprint density at radius 3 is 2.18 bits per heavy atom. The molecule has 3 heterocycles. The summed E-state index contributed by atoms with van der Waals surface area (Å²) in [5.74, 6) is -3.67. The molecule has 0 bridgehead atoms. The quantitative estimate of drug-likeness (QED) is 0.489. The van der Waals surface area contributed by atoms with Crippen LogP contribution in [0.5, 0.6) is 0 Å². The molecule has 0 unspecified atom stereocenters. The molecule has 9 nitrogen and oxygen atoms in total. The summed E-state index contributed by atoms with van der Waals surface area (Å²) in [6.45, 7) is 1.15. The zero-order valence-corrected chi connectivity index (χ0v) is 18.4. The highest BCUT2D eigenvalue weighted by Gasteiger charge is 2.38. The van der Waals surface area contributed by atoms with Crippen LogP contribution < -0.4 is 0 Å². The third-order valence-electron chi connectivity index (χ3n) is 5.04. The van der Waals surface area contributed by atoms with Crippen molar-refractivity contribution in [3.8, 4) is 11.1 Å². The number of hydrogen-bond acceptors (Lipinski definition) is 5. The van der Waals surface area contributed by atoms with Gasteiger partial charge in [0.1, 0.15) is 5.65 Å². The maximum Gasteiger partial charge on any atom is 0.490 e. The number of nitrogens with one attached hydrogen (secondary N) is 1. The lowest BCUT2D eigenvalue weighted by molar-refractivity contribution is -0.192.